The first kappa shape index (κ1) is 15.8. The summed E-state index contributed by atoms with van der Waals surface area (Å²) in [4.78, 5) is 15.0. The van der Waals surface area contributed by atoms with Crippen LogP contribution in [0.5, 0.6) is 0 Å². The van der Waals surface area contributed by atoms with Crippen molar-refractivity contribution in [2.24, 2.45) is 5.73 Å². The molecule has 3 rings (SSSR count). The minimum atomic E-state index is -0.897. The monoisotopic (exact) mass is 323 g/mol. The number of carbonyl (C=O) groups is 1. The van der Waals surface area contributed by atoms with Gasteiger partial charge in [0.1, 0.15) is 5.76 Å². The summed E-state index contributed by atoms with van der Waals surface area (Å²) in [5, 5.41) is 9.69. The molecule has 0 aliphatic heterocycles. The second kappa shape index (κ2) is 6.97. The van der Waals surface area contributed by atoms with E-state index >= 15 is 0 Å². The van der Waals surface area contributed by atoms with Gasteiger partial charge in [0.15, 0.2) is 0 Å². The fourth-order valence-electron chi connectivity index (χ4n) is 2.32. The smallest absolute Gasteiger partial charge is 0.338 e. The van der Waals surface area contributed by atoms with Crippen LogP contribution in [0.25, 0.3) is 22.6 Å². The highest BCUT2D eigenvalue weighted by molar-refractivity contribution is 5.70. The lowest BCUT2D eigenvalue weighted by Gasteiger charge is -2.09. The van der Waals surface area contributed by atoms with Crippen LogP contribution in [0.4, 0.5) is 4.79 Å². The van der Waals surface area contributed by atoms with Crippen molar-refractivity contribution in [2.45, 2.75) is 6.42 Å². The van der Waals surface area contributed by atoms with Gasteiger partial charge in [0, 0.05) is 12.0 Å². The van der Waals surface area contributed by atoms with Crippen LogP contribution >= 0.6 is 0 Å². The van der Waals surface area contributed by atoms with Crippen LogP contribution in [0.1, 0.15) is 5.76 Å². The fourth-order valence-corrected chi connectivity index (χ4v) is 2.32. The van der Waals surface area contributed by atoms with Gasteiger partial charge in [-0.25, -0.2) is 14.8 Å². The van der Waals surface area contributed by atoms with E-state index in [2.05, 4.69) is 17.1 Å². The highest BCUT2D eigenvalue weighted by Crippen LogP contribution is 2.24. The van der Waals surface area contributed by atoms with Crippen LogP contribution in [0.15, 0.2) is 65.2 Å². The molecule has 0 spiro atoms. The Bertz CT molecular complexity index is 813. The summed E-state index contributed by atoms with van der Waals surface area (Å²) in [6.07, 6.45) is 1.91. The minimum absolute atomic E-state index is 0.0525. The molecule has 1 heterocycles. The molecule has 122 valence electrons. The predicted octanol–water partition coefficient (Wildman–Crippen LogP) is 3.32. The molecule has 0 fully saturated rings. The number of nitrogens with zero attached hydrogens (tertiary/aromatic N) is 2. The molecule has 0 unspecified atom stereocenters. The first-order valence-electron chi connectivity index (χ1n) is 7.50. The SMILES string of the molecule is NC(=O)N(O)CCc1cnc(-c2ccc(-c3ccccc3)cc2)o1. The Kier molecular flexibility index (Phi) is 4.58. The number of benzene rings is 2. The molecule has 2 amide bonds. The molecular formula is C18H17N3O3. The molecule has 24 heavy (non-hydrogen) atoms. The van der Waals surface area contributed by atoms with Crippen molar-refractivity contribution in [3.8, 4) is 22.6 Å². The van der Waals surface area contributed by atoms with Crippen molar-refractivity contribution in [3.63, 3.8) is 0 Å². The van der Waals surface area contributed by atoms with Gasteiger partial charge in [0.2, 0.25) is 5.89 Å². The van der Waals surface area contributed by atoms with Crippen molar-refractivity contribution in [1.82, 2.24) is 10.0 Å². The molecule has 0 saturated heterocycles. The summed E-state index contributed by atoms with van der Waals surface area (Å²) < 4.78 is 5.64. The number of hydrogen-bond donors (Lipinski definition) is 2. The number of urea groups is 1. The third-order valence-electron chi connectivity index (χ3n) is 3.62. The van der Waals surface area contributed by atoms with E-state index in [-0.39, 0.29) is 6.54 Å². The zero-order valence-corrected chi connectivity index (χ0v) is 12.9. The summed E-state index contributed by atoms with van der Waals surface area (Å²) in [6.45, 7) is 0.0525. The average molecular weight is 323 g/mol. The van der Waals surface area contributed by atoms with Gasteiger partial charge in [-0.1, -0.05) is 42.5 Å². The predicted molar refractivity (Wildman–Crippen MR) is 89.2 cm³/mol. The third kappa shape index (κ3) is 3.61. The Morgan fingerprint density at radius 2 is 1.67 bits per heavy atom. The van der Waals surface area contributed by atoms with E-state index < -0.39 is 6.03 Å². The van der Waals surface area contributed by atoms with Crippen molar-refractivity contribution in [2.75, 3.05) is 6.54 Å². The molecule has 0 aliphatic carbocycles. The largest absolute Gasteiger partial charge is 0.441 e. The Morgan fingerprint density at radius 1 is 1.04 bits per heavy atom. The van der Waals surface area contributed by atoms with E-state index in [1.165, 1.54) is 0 Å². The molecule has 0 bridgehead atoms. The van der Waals surface area contributed by atoms with E-state index in [4.69, 9.17) is 10.2 Å². The number of oxazole rings is 1. The molecule has 6 heteroatoms. The van der Waals surface area contributed by atoms with Crippen LogP contribution in [0.3, 0.4) is 0 Å². The number of hydroxylamine groups is 2. The molecule has 0 atom stereocenters. The third-order valence-corrected chi connectivity index (χ3v) is 3.62. The van der Waals surface area contributed by atoms with Crippen molar-refractivity contribution < 1.29 is 14.4 Å². The molecule has 3 aromatic rings. The summed E-state index contributed by atoms with van der Waals surface area (Å²) in [5.74, 6) is 1.06. The molecule has 0 aliphatic rings. The fraction of sp³-hybridized carbons (Fsp3) is 0.111. The number of primary amides is 1. The summed E-state index contributed by atoms with van der Waals surface area (Å²) in [6, 6.07) is 17.1. The van der Waals surface area contributed by atoms with Crippen molar-refractivity contribution >= 4 is 6.03 Å². The van der Waals surface area contributed by atoms with Crippen molar-refractivity contribution in [1.29, 1.82) is 0 Å². The summed E-state index contributed by atoms with van der Waals surface area (Å²) in [5.41, 5.74) is 8.07. The van der Waals surface area contributed by atoms with E-state index in [9.17, 15) is 10.0 Å². The van der Waals surface area contributed by atoms with E-state index in [1.54, 1.807) is 6.20 Å². The zero-order valence-electron chi connectivity index (χ0n) is 12.9. The molecule has 1 aromatic heterocycles. The van der Waals surface area contributed by atoms with E-state index in [0.717, 1.165) is 16.7 Å². The molecule has 6 nitrogen and oxygen atoms in total. The topological polar surface area (TPSA) is 92.6 Å². The number of hydrogen-bond acceptors (Lipinski definition) is 4. The van der Waals surface area contributed by atoms with Gasteiger partial charge in [-0.15, -0.1) is 0 Å². The van der Waals surface area contributed by atoms with Crippen molar-refractivity contribution in [3.05, 3.63) is 66.6 Å². The van der Waals surface area contributed by atoms with Crippen LogP contribution in [-0.4, -0.2) is 27.8 Å². The van der Waals surface area contributed by atoms with Crippen LogP contribution in [0, 0.1) is 0 Å². The first-order chi connectivity index (χ1) is 11.6. The first-order valence-corrected chi connectivity index (χ1v) is 7.50. The zero-order chi connectivity index (χ0) is 16.9. The van der Waals surface area contributed by atoms with Gasteiger partial charge < -0.3 is 10.2 Å². The quantitative estimate of drug-likeness (QED) is 0.556. The number of aromatic nitrogens is 1. The van der Waals surface area contributed by atoms with Gasteiger partial charge >= 0.3 is 6.03 Å². The van der Waals surface area contributed by atoms with Gasteiger partial charge in [-0.3, -0.25) is 5.21 Å². The number of nitrogens with two attached hydrogens (primary N) is 1. The summed E-state index contributed by atoms with van der Waals surface area (Å²) >= 11 is 0. The number of amides is 2. The van der Waals surface area contributed by atoms with Gasteiger partial charge in [0.25, 0.3) is 0 Å². The number of rotatable bonds is 5. The lowest BCUT2D eigenvalue weighted by molar-refractivity contribution is -0.0390. The Balaban J connectivity index is 1.70. The summed E-state index contributed by atoms with van der Waals surface area (Å²) in [7, 11) is 0. The minimum Gasteiger partial charge on any atom is -0.441 e. The van der Waals surface area contributed by atoms with E-state index in [1.807, 2.05) is 42.5 Å². The Hall–Kier alpha value is -3.12. The van der Waals surface area contributed by atoms with Crippen LogP contribution < -0.4 is 5.73 Å². The van der Waals surface area contributed by atoms with Gasteiger partial charge in [0.05, 0.1) is 12.7 Å². The molecular weight excluding hydrogens is 306 g/mol. The molecule has 2 aromatic carbocycles. The molecule has 0 radical (unpaired) electrons. The lowest BCUT2D eigenvalue weighted by Crippen LogP contribution is -2.34. The van der Waals surface area contributed by atoms with Crippen LogP contribution in [-0.2, 0) is 6.42 Å². The van der Waals surface area contributed by atoms with Crippen LogP contribution in [0.2, 0.25) is 0 Å². The highest BCUT2D eigenvalue weighted by Gasteiger charge is 2.10. The maximum absolute atomic E-state index is 10.7. The Labute approximate surface area is 139 Å². The maximum Gasteiger partial charge on any atom is 0.338 e. The lowest BCUT2D eigenvalue weighted by atomic mass is 10.0. The highest BCUT2D eigenvalue weighted by atomic mass is 16.5. The van der Waals surface area contributed by atoms with Gasteiger partial charge in [-0.05, 0) is 23.3 Å². The second-order valence-corrected chi connectivity index (χ2v) is 5.29. The second-order valence-electron chi connectivity index (χ2n) is 5.29. The maximum atomic E-state index is 10.7. The Morgan fingerprint density at radius 3 is 2.33 bits per heavy atom. The molecule has 3 N–H and O–H groups in total. The average Bonchev–Trinajstić information content (AvgIpc) is 3.09. The molecule has 0 saturated carbocycles. The normalized spacial score (nSPS) is 10.5. The van der Waals surface area contributed by atoms with E-state index in [0.29, 0.717) is 23.1 Å². The van der Waals surface area contributed by atoms with Gasteiger partial charge in [-0.2, -0.15) is 0 Å². The number of carbonyl (C=O) groups excluding carboxylic acids is 1. The standard InChI is InChI=1S/C18H17N3O3/c19-18(22)21(23)11-10-16-12-20-17(24-16)15-8-6-14(7-9-15)13-4-2-1-3-5-13/h1-9,12,23H,10-11H2,(H2,19,22).